The molecule has 2 aromatic heterocycles. The quantitative estimate of drug-likeness (QED) is 0.781. The van der Waals surface area contributed by atoms with Crippen LogP contribution in [0.3, 0.4) is 0 Å². The molecular formula is C11H14N4O3. The van der Waals surface area contributed by atoms with E-state index in [2.05, 4.69) is 10.2 Å². The van der Waals surface area contributed by atoms with Crippen molar-refractivity contribution in [2.45, 2.75) is 26.9 Å². The maximum absolute atomic E-state index is 12.1. The number of carbonyl (C=O) groups is 1. The van der Waals surface area contributed by atoms with Crippen LogP contribution >= 0.6 is 0 Å². The normalized spacial score (nSPS) is 10.8. The summed E-state index contributed by atoms with van der Waals surface area (Å²) >= 11 is 0. The molecule has 7 heteroatoms. The third-order valence-electron chi connectivity index (χ3n) is 2.71. The molecule has 0 aliphatic carbocycles. The molecule has 0 aliphatic heterocycles. The van der Waals surface area contributed by atoms with E-state index in [9.17, 15) is 15.0 Å². The SMILES string of the molecule is CCn1ncc(C(=O)c2cnn(CC)c2O)c1O. The Balaban J connectivity index is 2.41. The Morgan fingerprint density at radius 2 is 1.44 bits per heavy atom. The van der Waals surface area contributed by atoms with Crippen LogP contribution in [-0.2, 0) is 13.1 Å². The molecule has 0 aliphatic rings. The van der Waals surface area contributed by atoms with Gasteiger partial charge in [-0.1, -0.05) is 0 Å². The molecule has 0 saturated carbocycles. The Kier molecular flexibility index (Phi) is 3.05. The van der Waals surface area contributed by atoms with E-state index in [0.29, 0.717) is 13.1 Å². The number of aromatic hydroxyl groups is 2. The molecule has 2 rings (SSSR count). The third kappa shape index (κ3) is 1.73. The van der Waals surface area contributed by atoms with E-state index in [0.717, 1.165) is 0 Å². The lowest BCUT2D eigenvalue weighted by Gasteiger charge is -2.00. The smallest absolute Gasteiger partial charge is 0.220 e. The highest BCUT2D eigenvalue weighted by atomic mass is 16.3. The van der Waals surface area contributed by atoms with Gasteiger partial charge in [0.25, 0.3) is 0 Å². The van der Waals surface area contributed by atoms with Gasteiger partial charge >= 0.3 is 0 Å². The first kappa shape index (κ1) is 12.2. The topological polar surface area (TPSA) is 93.2 Å². The van der Waals surface area contributed by atoms with Crippen LogP contribution in [-0.4, -0.2) is 35.6 Å². The molecule has 0 amide bonds. The lowest BCUT2D eigenvalue weighted by Crippen LogP contribution is -2.02. The molecule has 0 spiro atoms. The van der Waals surface area contributed by atoms with E-state index in [-0.39, 0.29) is 22.9 Å². The van der Waals surface area contributed by atoms with Gasteiger partial charge in [-0.05, 0) is 13.8 Å². The Morgan fingerprint density at radius 1 is 1.06 bits per heavy atom. The average molecular weight is 250 g/mol. The van der Waals surface area contributed by atoms with Crippen molar-refractivity contribution >= 4 is 5.78 Å². The summed E-state index contributed by atoms with van der Waals surface area (Å²) in [5, 5.41) is 27.3. The van der Waals surface area contributed by atoms with E-state index >= 15 is 0 Å². The van der Waals surface area contributed by atoms with Crippen LogP contribution in [0, 0.1) is 0 Å². The van der Waals surface area contributed by atoms with Crippen molar-refractivity contribution in [3.8, 4) is 11.8 Å². The van der Waals surface area contributed by atoms with E-state index in [1.54, 1.807) is 13.8 Å². The summed E-state index contributed by atoms with van der Waals surface area (Å²) in [4.78, 5) is 12.1. The predicted molar refractivity (Wildman–Crippen MR) is 62.6 cm³/mol. The molecule has 18 heavy (non-hydrogen) atoms. The second-order valence-electron chi connectivity index (χ2n) is 3.72. The zero-order chi connectivity index (χ0) is 13.3. The largest absolute Gasteiger partial charge is 0.493 e. The fourth-order valence-electron chi connectivity index (χ4n) is 1.69. The van der Waals surface area contributed by atoms with Gasteiger partial charge in [0.2, 0.25) is 17.5 Å². The van der Waals surface area contributed by atoms with Crippen molar-refractivity contribution in [1.29, 1.82) is 0 Å². The molecule has 2 aromatic rings. The van der Waals surface area contributed by atoms with Crippen molar-refractivity contribution < 1.29 is 15.0 Å². The van der Waals surface area contributed by atoms with Gasteiger partial charge in [-0.2, -0.15) is 10.2 Å². The summed E-state index contributed by atoms with van der Waals surface area (Å²) in [6, 6.07) is 0. The molecule has 0 bridgehead atoms. The van der Waals surface area contributed by atoms with E-state index in [1.807, 2.05) is 0 Å². The van der Waals surface area contributed by atoms with Gasteiger partial charge in [-0.3, -0.25) is 4.79 Å². The number of aromatic nitrogens is 4. The number of nitrogens with zero attached hydrogens (tertiary/aromatic N) is 4. The zero-order valence-corrected chi connectivity index (χ0v) is 10.2. The number of hydrogen-bond donors (Lipinski definition) is 2. The lowest BCUT2D eigenvalue weighted by molar-refractivity contribution is 0.103. The average Bonchev–Trinajstić information content (AvgIpc) is 2.91. The van der Waals surface area contributed by atoms with Crippen LogP contribution < -0.4 is 0 Å². The van der Waals surface area contributed by atoms with Crippen LogP contribution in [0.2, 0.25) is 0 Å². The van der Waals surface area contributed by atoms with Gasteiger partial charge in [0.15, 0.2) is 0 Å². The number of hydrogen-bond acceptors (Lipinski definition) is 5. The van der Waals surface area contributed by atoms with Gasteiger partial charge in [0.1, 0.15) is 11.1 Å². The third-order valence-corrected chi connectivity index (χ3v) is 2.71. The van der Waals surface area contributed by atoms with Gasteiger partial charge in [0.05, 0.1) is 12.4 Å². The van der Waals surface area contributed by atoms with E-state index in [4.69, 9.17) is 0 Å². The van der Waals surface area contributed by atoms with E-state index in [1.165, 1.54) is 21.8 Å². The van der Waals surface area contributed by atoms with Gasteiger partial charge in [0, 0.05) is 13.1 Å². The van der Waals surface area contributed by atoms with Gasteiger partial charge in [-0.15, -0.1) is 0 Å². The summed E-state index contributed by atoms with van der Waals surface area (Å²) in [5.74, 6) is -0.901. The second kappa shape index (κ2) is 4.52. The van der Waals surface area contributed by atoms with E-state index < -0.39 is 5.78 Å². The van der Waals surface area contributed by atoms with Crippen LogP contribution in [0.5, 0.6) is 11.8 Å². The van der Waals surface area contributed by atoms with Crippen molar-refractivity contribution in [2.75, 3.05) is 0 Å². The molecule has 0 unspecified atom stereocenters. The number of aryl methyl sites for hydroxylation is 2. The summed E-state index contributed by atoms with van der Waals surface area (Å²) in [6.45, 7) is 4.51. The highest BCUT2D eigenvalue weighted by molar-refractivity contribution is 6.11. The molecule has 0 atom stereocenters. The Labute approximate surface area is 103 Å². The number of carbonyl (C=O) groups excluding carboxylic acids is 1. The maximum atomic E-state index is 12.1. The lowest BCUT2D eigenvalue weighted by atomic mass is 10.1. The molecule has 96 valence electrons. The minimum atomic E-state index is -0.496. The van der Waals surface area contributed by atoms with Crippen molar-refractivity contribution in [3.05, 3.63) is 23.5 Å². The second-order valence-corrected chi connectivity index (χ2v) is 3.72. The summed E-state index contributed by atoms with van der Waals surface area (Å²) < 4.78 is 2.60. The molecule has 0 aromatic carbocycles. The highest BCUT2D eigenvalue weighted by Crippen LogP contribution is 2.24. The molecular weight excluding hydrogens is 236 g/mol. The summed E-state index contributed by atoms with van der Waals surface area (Å²) in [5.41, 5.74) is 0.116. The number of ketones is 1. The fraction of sp³-hybridized carbons (Fsp3) is 0.364. The Morgan fingerprint density at radius 3 is 1.72 bits per heavy atom. The van der Waals surface area contributed by atoms with Crippen LogP contribution in [0.4, 0.5) is 0 Å². The zero-order valence-electron chi connectivity index (χ0n) is 10.2. The summed E-state index contributed by atoms with van der Waals surface area (Å²) in [7, 11) is 0. The summed E-state index contributed by atoms with van der Waals surface area (Å²) in [6.07, 6.45) is 2.56. The van der Waals surface area contributed by atoms with Gasteiger partial charge < -0.3 is 10.2 Å². The maximum Gasteiger partial charge on any atom is 0.220 e. The van der Waals surface area contributed by atoms with Crippen molar-refractivity contribution in [3.63, 3.8) is 0 Å². The minimum Gasteiger partial charge on any atom is -0.493 e. The first-order valence-electron chi connectivity index (χ1n) is 5.64. The Hall–Kier alpha value is -2.31. The molecule has 2 N–H and O–H groups in total. The molecule has 0 fully saturated rings. The van der Waals surface area contributed by atoms with Gasteiger partial charge in [-0.25, -0.2) is 9.36 Å². The molecule has 2 heterocycles. The standard InChI is InChI=1S/C11H14N4O3/c1-3-14-10(17)7(5-12-14)9(16)8-6-13-15(4-2)11(8)18/h5-6,17-18H,3-4H2,1-2H3. The number of rotatable bonds is 4. The van der Waals surface area contributed by atoms with Crippen molar-refractivity contribution in [1.82, 2.24) is 19.6 Å². The monoisotopic (exact) mass is 250 g/mol. The highest BCUT2D eigenvalue weighted by Gasteiger charge is 2.23. The predicted octanol–water partition coefficient (Wildman–Crippen LogP) is 0.762. The first-order chi connectivity index (χ1) is 8.60. The first-order valence-corrected chi connectivity index (χ1v) is 5.64. The van der Waals surface area contributed by atoms with Crippen LogP contribution in [0.1, 0.15) is 29.8 Å². The molecule has 0 saturated heterocycles. The minimum absolute atomic E-state index is 0.0582. The molecule has 0 radical (unpaired) electrons. The Bertz CT molecular complexity index is 535. The molecule has 7 nitrogen and oxygen atoms in total. The van der Waals surface area contributed by atoms with Crippen LogP contribution in [0.25, 0.3) is 0 Å². The fourth-order valence-corrected chi connectivity index (χ4v) is 1.69. The van der Waals surface area contributed by atoms with Crippen LogP contribution in [0.15, 0.2) is 12.4 Å². The van der Waals surface area contributed by atoms with Crippen molar-refractivity contribution in [2.24, 2.45) is 0 Å².